The molecule has 1 unspecified atom stereocenters. The van der Waals surface area contributed by atoms with Crippen molar-refractivity contribution in [1.82, 2.24) is 4.90 Å². The Hall–Kier alpha value is -0.150. The maximum atomic E-state index is 13.2. The van der Waals surface area contributed by atoms with E-state index in [0.717, 1.165) is 13.0 Å². The fraction of sp³-hybridized carbons (Fsp3) is 1.00. The molecule has 13 heavy (non-hydrogen) atoms. The molecule has 0 aromatic heterocycles. The van der Waals surface area contributed by atoms with E-state index in [-0.39, 0.29) is 12.1 Å². The van der Waals surface area contributed by atoms with Crippen LogP contribution in [0, 0.1) is 5.41 Å². The Morgan fingerprint density at radius 2 is 2.23 bits per heavy atom. The van der Waals surface area contributed by atoms with Crippen molar-refractivity contribution in [1.29, 1.82) is 0 Å². The molecular formula is C10H16FNO. The van der Waals surface area contributed by atoms with Gasteiger partial charge >= 0.3 is 0 Å². The second-order valence-electron chi connectivity index (χ2n) is 5.24. The Labute approximate surface area is 77.7 Å². The zero-order chi connectivity index (χ0) is 9.10. The summed E-state index contributed by atoms with van der Waals surface area (Å²) in [5.41, 5.74) is 0.318. The zero-order valence-corrected chi connectivity index (χ0v) is 7.80. The van der Waals surface area contributed by atoms with Gasteiger partial charge in [0.2, 0.25) is 0 Å². The molecular weight excluding hydrogens is 169 g/mol. The highest BCUT2D eigenvalue weighted by Gasteiger charge is 2.61. The van der Waals surface area contributed by atoms with Gasteiger partial charge in [0, 0.05) is 25.0 Å². The van der Waals surface area contributed by atoms with Gasteiger partial charge in [0.05, 0.1) is 6.61 Å². The molecule has 0 bridgehead atoms. The van der Waals surface area contributed by atoms with Crippen molar-refractivity contribution in [3.63, 3.8) is 0 Å². The quantitative estimate of drug-likeness (QED) is 0.657. The van der Waals surface area contributed by atoms with Gasteiger partial charge in [0.25, 0.3) is 0 Å². The maximum Gasteiger partial charge on any atom is 0.115 e. The summed E-state index contributed by atoms with van der Waals surface area (Å²) in [4.78, 5) is 2.20. The van der Waals surface area contributed by atoms with Gasteiger partial charge in [-0.1, -0.05) is 0 Å². The third kappa shape index (κ3) is 1.00. The summed E-state index contributed by atoms with van der Waals surface area (Å²) >= 11 is 0. The molecule has 0 aromatic carbocycles. The zero-order valence-electron chi connectivity index (χ0n) is 7.80. The summed E-state index contributed by atoms with van der Waals surface area (Å²) in [6.45, 7) is 1.74. The van der Waals surface area contributed by atoms with E-state index in [0.29, 0.717) is 18.4 Å². The van der Waals surface area contributed by atoms with Crippen LogP contribution in [0.1, 0.15) is 25.7 Å². The van der Waals surface area contributed by atoms with Gasteiger partial charge in [-0.2, -0.15) is 0 Å². The Morgan fingerprint density at radius 3 is 2.77 bits per heavy atom. The van der Waals surface area contributed by atoms with Gasteiger partial charge in [-0.15, -0.1) is 0 Å². The molecule has 2 nitrogen and oxygen atoms in total. The monoisotopic (exact) mass is 185 g/mol. The second kappa shape index (κ2) is 2.26. The minimum absolute atomic E-state index is 0.148. The molecule has 1 saturated carbocycles. The predicted octanol–water partition coefficient (Wildman–Crippen LogP) is 0.945. The molecule has 2 heterocycles. The van der Waals surface area contributed by atoms with Crippen LogP contribution >= 0.6 is 0 Å². The fourth-order valence-electron chi connectivity index (χ4n) is 3.35. The Bertz CT molecular complexity index is 241. The summed E-state index contributed by atoms with van der Waals surface area (Å²) < 4.78 is 13.2. The number of fused-ring (bicyclic) bond motifs is 1. The van der Waals surface area contributed by atoms with E-state index in [1.54, 1.807) is 0 Å². The van der Waals surface area contributed by atoms with Crippen LogP contribution in [0.2, 0.25) is 0 Å². The van der Waals surface area contributed by atoms with Gasteiger partial charge in [0.15, 0.2) is 0 Å². The summed E-state index contributed by atoms with van der Waals surface area (Å²) in [6, 6.07) is 0. The molecule has 1 N–H and O–H groups in total. The third-order valence-electron chi connectivity index (χ3n) is 4.17. The largest absolute Gasteiger partial charge is 0.394 e. The Kier molecular flexibility index (Phi) is 1.42. The van der Waals surface area contributed by atoms with Crippen LogP contribution in [0.5, 0.6) is 0 Å². The lowest BCUT2D eigenvalue weighted by Crippen LogP contribution is -2.41. The summed E-state index contributed by atoms with van der Waals surface area (Å²) in [6.07, 6.45) is 3.48. The summed E-state index contributed by atoms with van der Waals surface area (Å²) in [5, 5.41) is 9.40. The number of halogens is 1. The molecule has 2 atom stereocenters. The smallest absolute Gasteiger partial charge is 0.115 e. The SMILES string of the molecule is OCC12C[C@H](F)CN1CC1(CC1)C2. The second-order valence-corrected chi connectivity index (χ2v) is 5.24. The molecule has 74 valence electrons. The first-order valence-electron chi connectivity index (χ1n) is 5.18. The molecule has 1 aliphatic carbocycles. The highest BCUT2D eigenvalue weighted by molar-refractivity contribution is 5.15. The lowest BCUT2D eigenvalue weighted by Gasteiger charge is -2.28. The van der Waals surface area contributed by atoms with E-state index in [9.17, 15) is 9.50 Å². The fourth-order valence-corrected chi connectivity index (χ4v) is 3.35. The molecule has 0 radical (unpaired) electrons. The number of rotatable bonds is 1. The molecule has 3 rings (SSSR count). The maximum absolute atomic E-state index is 13.2. The molecule has 2 saturated heterocycles. The van der Waals surface area contributed by atoms with E-state index in [2.05, 4.69) is 4.90 Å². The number of alkyl halides is 1. The van der Waals surface area contributed by atoms with Gasteiger partial charge in [-0.25, -0.2) is 4.39 Å². The van der Waals surface area contributed by atoms with Crippen LogP contribution < -0.4 is 0 Å². The van der Waals surface area contributed by atoms with E-state index in [4.69, 9.17) is 0 Å². The lowest BCUT2D eigenvalue weighted by molar-refractivity contribution is 0.0994. The van der Waals surface area contributed by atoms with Crippen LogP contribution in [0.15, 0.2) is 0 Å². The normalized spacial score (nSPS) is 47.1. The topological polar surface area (TPSA) is 23.5 Å². The van der Waals surface area contributed by atoms with Crippen molar-refractivity contribution in [3.8, 4) is 0 Å². The highest BCUT2D eigenvalue weighted by Crippen LogP contribution is 2.60. The van der Waals surface area contributed by atoms with E-state index in [1.165, 1.54) is 12.8 Å². The van der Waals surface area contributed by atoms with Crippen LogP contribution in [-0.2, 0) is 0 Å². The third-order valence-corrected chi connectivity index (χ3v) is 4.17. The van der Waals surface area contributed by atoms with Gasteiger partial charge in [-0.05, 0) is 24.7 Å². The molecule has 3 fully saturated rings. The van der Waals surface area contributed by atoms with Crippen molar-refractivity contribution in [2.75, 3.05) is 19.7 Å². The van der Waals surface area contributed by atoms with Gasteiger partial charge in [-0.3, -0.25) is 4.90 Å². The van der Waals surface area contributed by atoms with Crippen LogP contribution in [0.4, 0.5) is 4.39 Å². The molecule has 3 heteroatoms. The Balaban J connectivity index is 1.87. The highest BCUT2D eigenvalue weighted by atomic mass is 19.1. The summed E-state index contributed by atoms with van der Waals surface area (Å²) in [7, 11) is 0. The molecule has 2 aliphatic heterocycles. The predicted molar refractivity (Wildman–Crippen MR) is 47.2 cm³/mol. The first-order valence-corrected chi connectivity index (χ1v) is 5.18. The molecule has 3 aliphatic rings. The van der Waals surface area contributed by atoms with Crippen LogP contribution in [-0.4, -0.2) is 41.4 Å². The Morgan fingerprint density at radius 1 is 1.46 bits per heavy atom. The number of hydrogen-bond donors (Lipinski definition) is 1. The van der Waals surface area contributed by atoms with Crippen LogP contribution in [0.25, 0.3) is 0 Å². The number of hydrogen-bond acceptors (Lipinski definition) is 2. The lowest BCUT2D eigenvalue weighted by atomic mass is 9.89. The summed E-state index contributed by atoms with van der Waals surface area (Å²) in [5.74, 6) is 0. The van der Waals surface area contributed by atoms with E-state index >= 15 is 0 Å². The van der Waals surface area contributed by atoms with Crippen molar-refractivity contribution in [2.45, 2.75) is 37.4 Å². The van der Waals surface area contributed by atoms with Crippen molar-refractivity contribution in [3.05, 3.63) is 0 Å². The standard InChI is InChI=1S/C10H16FNO/c11-8-3-10(7-13)5-9(1-2-9)6-12(10)4-8/h8,13H,1-7H2/t8-,10?/m0/s1. The average Bonchev–Trinajstić information content (AvgIpc) is 2.64. The van der Waals surface area contributed by atoms with Crippen molar-refractivity contribution >= 4 is 0 Å². The number of aliphatic hydroxyl groups is 1. The van der Waals surface area contributed by atoms with Gasteiger partial charge < -0.3 is 5.11 Å². The van der Waals surface area contributed by atoms with Crippen LogP contribution in [0.3, 0.4) is 0 Å². The minimum atomic E-state index is -0.705. The molecule has 0 aromatic rings. The molecule has 0 amide bonds. The van der Waals surface area contributed by atoms with Gasteiger partial charge in [0.1, 0.15) is 6.17 Å². The first-order chi connectivity index (χ1) is 6.18. The van der Waals surface area contributed by atoms with Crippen molar-refractivity contribution < 1.29 is 9.50 Å². The van der Waals surface area contributed by atoms with E-state index in [1.807, 2.05) is 0 Å². The molecule has 1 spiro atoms. The minimum Gasteiger partial charge on any atom is -0.394 e. The first kappa shape index (κ1) is 8.18. The number of nitrogens with zero attached hydrogens (tertiary/aromatic N) is 1. The van der Waals surface area contributed by atoms with Crippen molar-refractivity contribution in [2.24, 2.45) is 5.41 Å². The van der Waals surface area contributed by atoms with E-state index < -0.39 is 6.17 Å². The average molecular weight is 185 g/mol. The number of aliphatic hydroxyl groups excluding tert-OH is 1.